The second-order valence-electron chi connectivity index (χ2n) is 6.74. The zero-order valence-corrected chi connectivity index (χ0v) is 15.7. The monoisotopic (exact) mass is 448 g/mol. The Bertz CT molecular complexity index is 1070. The molecule has 1 aliphatic heterocycles. The van der Waals surface area contributed by atoms with Crippen LogP contribution < -0.4 is 0 Å². The summed E-state index contributed by atoms with van der Waals surface area (Å²) < 4.78 is 79.8. The average Bonchev–Trinajstić information content (AvgIpc) is 3.07. The van der Waals surface area contributed by atoms with E-state index in [1.807, 2.05) is 0 Å². The summed E-state index contributed by atoms with van der Waals surface area (Å²) in [5, 5.41) is 10.9. The van der Waals surface area contributed by atoms with Gasteiger partial charge in [-0.15, -0.1) is 0 Å². The highest BCUT2D eigenvalue weighted by Crippen LogP contribution is 2.38. The van der Waals surface area contributed by atoms with Gasteiger partial charge in [-0.1, -0.05) is 12.1 Å². The molecule has 31 heavy (non-hydrogen) atoms. The maximum absolute atomic E-state index is 13.3. The molecule has 2 heterocycles. The van der Waals surface area contributed by atoms with Crippen molar-refractivity contribution in [1.82, 2.24) is 9.88 Å². The summed E-state index contributed by atoms with van der Waals surface area (Å²) in [7, 11) is 0. The smallest absolute Gasteiger partial charge is 0.299 e. The molecule has 0 N–H and O–H groups in total. The highest BCUT2D eigenvalue weighted by molar-refractivity contribution is 6.08. The molecule has 1 aliphatic rings. The number of alkyl halides is 6. The van der Waals surface area contributed by atoms with Crippen molar-refractivity contribution in [3.63, 3.8) is 0 Å². The van der Waals surface area contributed by atoms with E-state index in [0.29, 0.717) is 12.1 Å². The van der Waals surface area contributed by atoms with Crippen molar-refractivity contribution in [1.29, 1.82) is 0 Å². The van der Waals surface area contributed by atoms with Gasteiger partial charge in [0.15, 0.2) is 5.78 Å². The van der Waals surface area contributed by atoms with Crippen LogP contribution >= 0.6 is 0 Å². The first-order valence-electron chi connectivity index (χ1n) is 8.88. The molecule has 0 fully saturated rings. The molecular formula is C18H14F6N4O3. The average molecular weight is 448 g/mol. The van der Waals surface area contributed by atoms with Gasteiger partial charge >= 0.3 is 18.5 Å². The number of hydrogen-bond acceptors (Lipinski definition) is 6. The van der Waals surface area contributed by atoms with Crippen molar-refractivity contribution in [3.05, 3.63) is 51.2 Å². The molecule has 0 saturated carbocycles. The molecular weight excluding hydrogens is 434 g/mol. The maximum atomic E-state index is 13.3. The molecule has 0 saturated heterocycles. The van der Waals surface area contributed by atoms with Crippen LogP contribution in [0.25, 0.3) is 10.9 Å². The number of ketones is 1. The van der Waals surface area contributed by atoms with Crippen LogP contribution in [0, 0.1) is 10.1 Å². The summed E-state index contributed by atoms with van der Waals surface area (Å²) in [4.78, 5) is 31.7. The number of pyridine rings is 1. The number of carbonyl (C=O) groups excluding carboxylic acids is 1. The van der Waals surface area contributed by atoms with E-state index in [0.717, 1.165) is 12.1 Å². The number of benzene rings is 1. The lowest BCUT2D eigenvalue weighted by Crippen LogP contribution is -2.43. The molecule has 13 heteroatoms. The minimum absolute atomic E-state index is 0.200. The molecule has 0 radical (unpaired) electrons. The number of fused-ring (bicyclic) bond motifs is 1. The summed E-state index contributed by atoms with van der Waals surface area (Å²) >= 11 is 0. The van der Waals surface area contributed by atoms with Gasteiger partial charge in [0, 0.05) is 28.8 Å². The van der Waals surface area contributed by atoms with E-state index in [1.165, 1.54) is 11.2 Å². The Kier molecular flexibility index (Phi) is 5.63. The number of likely N-dealkylation sites (N-methyl/N-ethyl adjacent to an activating group) is 1. The van der Waals surface area contributed by atoms with Gasteiger partial charge in [0.1, 0.15) is 11.7 Å². The van der Waals surface area contributed by atoms with E-state index in [-0.39, 0.29) is 6.54 Å². The molecule has 2 atom stereocenters. The van der Waals surface area contributed by atoms with Crippen molar-refractivity contribution < 1.29 is 36.1 Å². The predicted molar refractivity (Wildman–Crippen MR) is 96.1 cm³/mol. The number of nitro groups is 1. The fourth-order valence-corrected chi connectivity index (χ4v) is 3.38. The van der Waals surface area contributed by atoms with Gasteiger partial charge in [0.2, 0.25) is 0 Å². The summed E-state index contributed by atoms with van der Waals surface area (Å²) in [6.07, 6.45) is -11.0. The first-order valence-corrected chi connectivity index (χ1v) is 8.88. The lowest BCUT2D eigenvalue weighted by molar-refractivity contribution is -0.545. The molecule has 1 aromatic carbocycles. The first kappa shape index (κ1) is 22.4. The highest BCUT2D eigenvalue weighted by Gasteiger charge is 2.42. The molecule has 166 valence electrons. The fourth-order valence-electron chi connectivity index (χ4n) is 3.38. The maximum Gasteiger partial charge on any atom is 0.433 e. The molecule has 0 aliphatic carbocycles. The van der Waals surface area contributed by atoms with E-state index in [1.54, 1.807) is 6.92 Å². The molecule has 0 amide bonds. The highest BCUT2D eigenvalue weighted by atomic mass is 19.4. The first-order chi connectivity index (χ1) is 14.3. The third kappa shape index (κ3) is 4.30. The SMILES string of the molecule is CCN1C=NC(CC(=O)c2cc(C(F)(F)F)nc3c(C(F)(F)F)cccc23)C1[N+](=O)[O-]. The van der Waals surface area contributed by atoms with Crippen molar-refractivity contribution in [3.8, 4) is 0 Å². The van der Waals surface area contributed by atoms with Crippen LogP contribution in [0.2, 0.25) is 0 Å². The van der Waals surface area contributed by atoms with E-state index >= 15 is 0 Å². The van der Waals surface area contributed by atoms with Gasteiger partial charge in [-0.2, -0.15) is 26.3 Å². The number of carbonyl (C=O) groups is 1. The number of Topliss-reactive ketones (excluding diaryl/α,β-unsaturated/α-hetero) is 1. The quantitative estimate of drug-likeness (QED) is 0.296. The molecule has 7 nitrogen and oxygen atoms in total. The van der Waals surface area contributed by atoms with Crippen LogP contribution in [-0.4, -0.2) is 45.7 Å². The van der Waals surface area contributed by atoms with Gasteiger partial charge in [0.25, 0.3) is 0 Å². The van der Waals surface area contributed by atoms with Gasteiger partial charge in [-0.3, -0.25) is 24.8 Å². The number of para-hydroxylation sites is 1. The van der Waals surface area contributed by atoms with Crippen LogP contribution in [0.5, 0.6) is 0 Å². The number of hydrogen-bond donors (Lipinski definition) is 0. The number of aromatic nitrogens is 1. The van der Waals surface area contributed by atoms with Crippen LogP contribution in [-0.2, 0) is 12.4 Å². The minimum Gasteiger partial charge on any atom is -0.299 e. The lowest BCUT2D eigenvalue weighted by atomic mass is 9.96. The largest absolute Gasteiger partial charge is 0.433 e. The van der Waals surface area contributed by atoms with Gasteiger partial charge in [-0.05, 0) is 19.1 Å². The Morgan fingerprint density at radius 3 is 2.42 bits per heavy atom. The minimum atomic E-state index is -5.12. The van der Waals surface area contributed by atoms with Crippen molar-refractivity contribution in [2.75, 3.05) is 6.54 Å². The fraction of sp³-hybridized carbons (Fsp3) is 0.389. The van der Waals surface area contributed by atoms with Crippen LogP contribution in [0.3, 0.4) is 0 Å². The second kappa shape index (κ2) is 7.78. The molecule has 3 rings (SSSR count). The summed E-state index contributed by atoms with van der Waals surface area (Å²) in [6.45, 7) is 1.81. The Labute approximate surface area is 170 Å². The van der Waals surface area contributed by atoms with Crippen LogP contribution in [0.4, 0.5) is 26.3 Å². The molecule has 2 unspecified atom stereocenters. The zero-order valence-electron chi connectivity index (χ0n) is 15.7. The van der Waals surface area contributed by atoms with E-state index < -0.39 is 69.4 Å². The van der Waals surface area contributed by atoms with E-state index in [4.69, 9.17) is 0 Å². The van der Waals surface area contributed by atoms with E-state index in [9.17, 15) is 41.3 Å². The van der Waals surface area contributed by atoms with E-state index in [2.05, 4.69) is 9.98 Å². The summed E-state index contributed by atoms with van der Waals surface area (Å²) in [6, 6.07) is 1.72. The number of halogens is 6. The third-order valence-electron chi connectivity index (χ3n) is 4.80. The predicted octanol–water partition coefficient (Wildman–Crippen LogP) is 4.18. The van der Waals surface area contributed by atoms with Crippen LogP contribution in [0.15, 0.2) is 29.3 Å². The number of nitrogens with zero attached hydrogens (tertiary/aromatic N) is 4. The zero-order chi connectivity index (χ0) is 23.1. The third-order valence-corrected chi connectivity index (χ3v) is 4.80. The van der Waals surface area contributed by atoms with Gasteiger partial charge in [-0.25, -0.2) is 4.98 Å². The van der Waals surface area contributed by atoms with Gasteiger partial charge in [0.05, 0.1) is 17.4 Å². The Morgan fingerprint density at radius 2 is 1.87 bits per heavy atom. The molecule has 2 aromatic rings. The number of rotatable bonds is 5. The van der Waals surface area contributed by atoms with Crippen molar-refractivity contribution in [2.45, 2.75) is 37.9 Å². The normalized spacial score (nSPS) is 19.3. The van der Waals surface area contributed by atoms with Crippen molar-refractivity contribution >= 4 is 23.0 Å². The Morgan fingerprint density at radius 1 is 1.19 bits per heavy atom. The topological polar surface area (TPSA) is 88.7 Å². The number of aliphatic imine (C=N–C) groups is 1. The molecule has 0 spiro atoms. The summed E-state index contributed by atoms with van der Waals surface area (Å²) in [5.41, 5.74) is -4.78. The standard InChI is InChI=1S/C18H14F6N4O3/c1-2-27-8-25-12(16(27)28(30)31)7-13(29)10-6-14(18(22,23)24)26-15-9(10)4-3-5-11(15)17(19,20)21/h3-6,8,12,16H,2,7H2,1H3. The van der Waals surface area contributed by atoms with Crippen LogP contribution in [0.1, 0.15) is 35.0 Å². The van der Waals surface area contributed by atoms with Gasteiger partial charge < -0.3 is 0 Å². The lowest BCUT2D eigenvalue weighted by Gasteiger charge is -2.19. The Balaban J connectivity index is 2.12. The van der Waals surface area contributed by atoms with Crippen molar-refractivity contribution in [2.24, 2.45) is 4.99 Å². The molecule has 1 aromatic heterocycles. The second-order valence-corrected chi connectivity index (χ2v) is 6.74. The molecule has 0 bridgehead atoms. The Hall–Kier alpha value is -3.25. The summed E-state index contributed by atoms with van der Waals surface area (Å²) in [5.74, 6) is -1.01.